The van der Waals surface area contributed by atoms with Crippen LogP contribution in [0.4, 0.5) is 5.69 Å². The highest BCUT2D eigenvalue weighted by Gasteiger charge is 2.12. The second-order valence-electron chi connectivity index (χ2n) is 3.35. The summed E-state index contributed by atoms with van der Waals surface area (Å²) in [5, 5.41) is 0. The minimum absolute atomic E-state index is 0.00424. The van der Waals surface area contributed by atoms with Crippen LogP contribution in [-0.2, 0) is 21.2 Å². The highest BCUT2D eigenvalue weighted by Crippen LogP contribution is 2.07. The number of carbonyl (C=O) groups is 1. The molecule has 0 aromatic heterocycles. The van der Waals surface area contributed by atoms with Crippen LogP contribution in [0.1, 0.15) is 12.5 Å². The maximum absolute atomic E-state index is 11.4. The van der Waals surface area contributed by atoms with Gasteiger partial charge in [0.1, 0.15) is 0 Å². The van der Waals surface area contributed by atoms with E-state index >= 15 is 0 Å². The predicted octanol–water partition coefficient (Wildman–Crippen LogP) is 0.277. The summed E-state index contributed by atoms with van der Waals surface area (Å²) in [5.41, 5.74) is 6.77. The molecule has 0 unspecified atom stereocenters. The van der Waals surface area contributed by atoms with Gasteiger partial charge in [-0.05, 0) is 24.6 Å². The highest BCUT2D eigenvalue weighted by atomic mass is 32.2. The number of hydrogen-bond donors (Lipinski definition) is 2. The number of nitrogens with one attached hydrogen (secondary N) is 1. The number of benzene rings is 1. The van der Waals surface area contributed by atoms with Gasteiger partial charge in [0.05, 0.1) is 12.2 Å². The number of hydrogen-bond acceptors (Lipinski definition) is 4. The first kappa shape index (κ1) is 12.5. The van der Waals surface area contributed by atoms with E-state index in [1.165, 1.54) is 6.92 Å². The predicted molar refractivity (Wildman–Crippen MR) is 62.2 cm³/mol. The lowest BCUT2D eigenvalue weighted by molar-refractivity contribution is -0.118. The van der Waals surface area contributed by atoms with Gasteiger partial charge in [-0.3, -0.25) is 9.52 Å². The van der Waals surface area contributed by atoms with E-state index in [-0.39, 0.29) is 12.2 Å². The van der Waals surface area contributed by atoms with Crippen molar-refractivity contribution in [2.75, 3.05) is 11.5 Å². The molecule has 0 spiro atoms. The van der Waals surface area contributed by atoms with Crippen molar-refractivity contribution >= 4 is 21.6 Å². The molecule has 0 heterocycles. The fraction of sp³-hybridized carbons (Fsp3) is 0.300. The molecular weight excluding hydrogens is 228 g/mol. The molecule has 3 N–H and O–H groups in total. The molecule has 1 rings (SSSR count). The largest absolute Gasteiger partial charge is 0.399 e. The minimum atomic E-state index is -3.48. The first-order valence-corrected chi connectivity index (χ1v) is 6.46. The van der Waals surface area contributed by atoms with Gasteiger partial charge in [-0.2, -0.15) is 0 Å². The van der Waals surface area contributed by atoms with Gasteiger partial charge in [-0.1, -0.05) is 12.1 Å². The molecular formula is C10H14N2O3S. The molecule has 0 aliphatic heterocycles. The van der Waals surface area contributed by atoms with Crippen LogP contribution in [0.2, 0.25) is 0 Å². The van der Waals surface area contributed by atoms with Crippen molar-refractivity contribution in [1.29, 1.82) is 0 Å². The molecule has 1 aromatic rings. The lowest BCUT2D eigenvalue weighted by atomic mass is 10.1. The van der Waals surface area contributed by atoms with Crippen molar-refractivity contribution in [3.63, 3.8) is 0 Å². The maximum Gasteiger partial charge on any atom is 0.237 e. The van der Waals surface area contributed by atoms with Crippen LogP contribution < -0.4 is 10.5 Å². The van der Waals surface area contributed by atoms with E-state index in [0.717, 1.165) is 0 Å². The van der Waals surface area contributed by atoms with Crippen molar-refractivity contribution in [2.24, 2.45) is 0 Å². The normalized spacial score (nSPS) is 11.1. The van der Waals surface area contributed by atoms with Crippen molar-refractivity contribution < 1.29 is 13.2 Å². The number of sulfonamides is 1. The Bertz CT molecular complexity index is 483. The number of rotatable bonds is 4. The van der Waals surface area contributed by atoms with Crippen LogP contribution in [-0.4, -0.2) is 20.1 Å². The Morgan fingerprint density at radius 3 is 2.69 bits per heavy atom. The first-order chi connectivity index (χ1) is 7.43. The molecule has 16 heavy (non-hydrogen) atoms. The maximum atomic E-state index is 11.4. The van der Waals surface area contributed by atoms with Crippen LogP contribution >= 0.6 is 0 Å². The Hall–Kier alpha value is -1.56. The third kappa shape index (κ3) is 3.90. The number of anilines is 1. The Morgan fingerprint density at radius 2 is 2.12 bits per heavy atom. The van der Waals surface area contributed by atoms with Crippen LogP contribution in [0.15, 0.2) is 24.3 Å². The molecule has 0 saturated heterocycles. The summed E-state index contributed by atoms with van der Waals surface area (Å²) in [6.45, 7) is 1.47. The molecule has 0 aliphatic rings. The summed E-state index contributed by atoms with van der Waals surface area (Å²) in [7, 11) is -3.48. The summed E-state index contributed by atoms with van der Waals surface area (Å²) in [4.78, 5) is 11.4. The molecule has 1 aromatic carbocycles. The smallest absolute Gasteiger partial charge is 0.237 e. The van der Waals surface area contributed by atoms with E-state index in [4.69, 9.17) is 5.73 Å². The van der Waals surface area contributed by atoms with Gasteiger partial charge in [-0.25, -0.2) is 8.42 Å². The Morgan fingerprint density at radius 1 is 1.44 bits per heavy atom. The molecule has 1 amide bonds. The molecule has 0 radical (unpaired) electrons. The summed E-state index contributed by atoms with van der Waals surface area (Å²) in [5.74, 6) is -0.664. The first-order valence-electron chi connectivity index (χ1n) is 4.80. The van der Waals surface area contributed by atoms with E-state index in [9.17, 15) is 13.2 Å². The second kappa shape index (κ2) is 4.98. The third-order valence-corrected chi connectivity index (χ3v) is 3.26. The van der Waals surface area contributed by atoms with Crippen molar-refractivity contribution in [3.05, 3.63) is 29.8 Å². The second-order valence-corrected chi connectivity index (χ2v) is 5.36. The zero-order chi connectivity index (χ0) is 12.2. The Balaban J connectivity index is 2.66. The zero-order valence-corrected chi connectivity index (χ0v) is 9.75. The molecule has 0 fully saturated rings. The average Bonchev–Trinajstić information content (AvgIpc) is 2.16. The fourth-order valence-electron chi connectivity index (χ4n) is 1.17. The lowest BCUT2D eigenvalue weighted by Gasteiger charge is -2.05. The molecule has 6 heteroatoms. The average molecular weight is 242 g/mol. The summed E-state index contributed by atoms with van der Waals surface area (Å²) >= 11 is 0. The van der Waals surface area contributed by atoms with Gasteiger partial charge >= 0.3 is 0 Å². The summed E-state index contributed by atoms with van der Waals surface area (Å²) in [6.07, 6.45) is 0.00424. The third-order valence-electron chi connectivity index (χ3n) is 1.97. The summed E-state index contributed by atoms with van der Waals surface area (Å²) in [6, 6.07) is 6.77. The molecule has 0 bridgehead atoms. The van der Waals surface area contributed by atoms with Gasteiger partial charge in [0.25, 0.3) is 0 Å². The molecule has 5 nitrogen and oxygen atoms in total. The SMILES string of the molecule is CCS(=O)(=O)NC(=O)Cc1cccc(N)c1. The van der Waals surface area contributed by atoms with Crippen LogP contribution in [0.25, 0.3) is 0 Å². The van der Waals surface area contributed by atoms with E-state index in [1.807, 2.05) is 4.72 Å². The Kier molecular flexibility index (Phi) is 3.89. The molecule has 0 aliphatic carbocycles. The zero-order valence-electron chi connectivity index (χ0n) is 8.93. The van der Waals surface area contributed by atoms with Gasteiger partial charge in [0.2, 0.25) is 15.9 Å². The highest BCUT2D eigenvalue weighted by molar-refractivity contribution is 7.90. The van der Waals surface area contributed by atoms with E-state index in [0.29, 0.717) is 11.3 Å². The van der Waals surface area contributed by atoms with Crippen LogP contribution in [0.3, 0.4) is 0 Å². The van der Waals surface area contributed by atoms with Gasteiger partial charge in [0, 0.05) is 5.69 Å². The quantitative estimate of drug-likeness (QED) is 0.742. The minimum Gasteiger partial charge on any atom is -0.399 e. The van der Waals surface area contributed by atoms with E-state index < -0.39 is 15.9 Å². The number of carbonyl (C=O) groups excluding carboxylic acids is 1. The molecule has 0 saturated carbocycles. The summed E-state index contributed by atoms with van der Waals surface area (Å²) < 4.78 is 24.2. The van der Waals surface area contributed by atoms with Gasteiger partial charge in [0.15, 0.2) is 0 Å². The Labute approximate surface area is 94.7 Å². The monoisotopic (exact) mass is 242 g/mol. The van der Waals surface area contributed by atoms with Crippen LogP contribution in [0.5, 0.6) is 0 Å². The fourth-order valence-corrected chi connectivity index (χ4v) is 1.73. The number of nitrogen functional groups attached to an aromatic ring is 1. The van der Waals surface area contributed by atoms with E-state index in [1.54, 1.807) is 24.3 Å². The van der Waals surface area contributed by atoms with Gasteiger partial charge < -0.3 is 5.73 Å². The van der Waals surface area contributed by atoms with Crippen molar-refractivity contribution in [2.45, 2.75) is 13.3 Å². The topological polar surface area (TPSA) is 89.3 Å². The number of nitrogens with two attached hydrogens (primary N) is 1. The van der Waals surface area contributed by atoms with Crippen molar-refractivity contribution in [1.82, 2.24) is 4.72 Å². The molecule has 88 valence electrons. The standard InChI is InChI=1S/C10H14N2O3S/c1-2-16(14,15)12-10(13)7-8-4-3-5-9(11)6-8/h3-6H,2,7,11H2,1H3,(H,12,13). The van der Waals surface area contributed by atoms with Crippen molar-refractivity contribution in [3.8, 4) is 0 Å². The molecule has 0 atom stereocenters. The number of amides is 1. The van der Waals surface area contributed by atoms with Crippen LogP contribution in [0, 0.1) is 0 Å². The lowest BCUT2D eigenvalue weighted by Crippen LogP contribution is -2.32. The van der Waals surface area contributed by atoms with E-state index in [2.05, 4.69) is 0 Å². The van der Waals surface area contributed by atoms with Gasteiger partial charge in [-0.15, -0.1) is 0 Å².